The zero-order valence-electron chi connectivity index (χ0n) is 8.75. The molecule has 7 heteroatoms. The number of ether oxygens (including phenoxy) is 1. The predicted molar refractivity (Wildman–Crippen MR) is 53.3 cm³/mol. The van der Waals surface area contributed by atoms with Crippen molar-refractivity contribution in [2.24, 2.45) is 11.5 Å². The van der Waals surface area contributed by atoms with Gasteiger partial charge in [0.15, 0.2) is 0 Å². The van der Waals surface area contributed by atoms with Crippen molar-refractivity contribution < 1.29 is 22.7 Å². The lowest BCUT2D eigenvalue weighted by Crippen LogP contribution is -2.24. The van der Waals surface area contributed by atoms with Gasteiger partial charge in [0.25, 0.3) is 0 Å². The molecule has 0 fully saturated rings. The maximum Gasteiger partial charge on any atom is 0.243 e. The topological polar surface area (TPSA) is 78.3 Å². The normalized spacial score (nSPS) is 12.5. The molecule has 0 bridgehead atoms. The Hall–Kier alpha value is -1.60. The highest BCUT2D eigenvalue weighted by Crippen LogP contribution is 2.20. The van der Waals surface area contributed by atoms with Gasteiger partial charge in [-0.25, -0.2) is 13.2 Å². The van der Waals surface area contributed by atoms with Crippen LogP contribution in [0.25, 0.3) is 0 Å². The number of rotatable bonds is 5. The van der Waals surface area contributed by atoms with Gasteiger partial charge in [-0.15, -0.1) is 0 Å². The number of carbonyl (C=O) groups is 1. The second-order valence-corrected chi connectivity index (χ2v) is 3.37. The summed E-state index contributed by atoms with van der Waals surface area (Å²) in [6.45, 7) is -0.708. The van der Waals surface area contributed by atoms with Crippen molar-refractivity contribution in [2.75, 3.05) is 13.2 Å². The fraction of sp³-hybridized carbons (Fsp3) is 0.300. The van der Waals surface area contributed by atoms with Crippen LogP contribution in [0, 0.1) is 17.5 Å². The molecular weight excluding hydrogens is 237 g/mol. The second-order valence-electron chi connectivity index (χ2n) is 3.37. The van der Waals surface area contributed by atoms with Crippen molar-refractivity contribution in [3.63, 3.8) is 0 Å². The van der Waals surface area contributed by atoms with Gasteiger partial charge >= 0.3 is 0 Å². The molecule has 0 aliphatic heterocycles. The quantitative estimate of drug-likeness (QED) is 0.801. The standard InChI is InChI=1S/C10H11F3N2O2/c11-5-1-6(12)10(7(13)2-5)8(14)3-17-4-9(15)16/h1-2,8H,3-4,14H2,(H2,15,16). The van der Waals surface area contributed by atoms with Crippen LogP contribution in [0.3, 0.4) is 0 Å². The summed E-state index contributed by atoms with van der Waals surface area (Å²) in [5.41, 5.74) is 9.76. The third-order valence-electron chi connectivity index (χ3n) is 1.96. The summed E-state index contributed by atoms with van der Waals surface area (Å²) in [5, 5.41) is 0. The molecule has 1 amide bonds. The second kappa shape index (κ2) is 5.65. The maximum absolute atomic E-state index is 13.2. The lowest BCUT2D eigenvalue weighted by molar-refractivity contribution is -0.122. The summed E-state index contributed by atoms with van der Waals surface area (Å²) in [4.78, 5) is 10.4. The van der Waals surface area contributed by atoms with E-state index in [9.17, 15) is 18.0 Å². The lowest BCUT2D eigenvalue weighted by Gasteiger charge is -2.13. The smallest absolute Gasteiger partial charge is 0.243 e. The summed E-state index contributed by atoms with van der Waals surface area (Å²) in [7, 11) is 0. The van der Waals surface area contributed by atoms with Crippen LogP contribution in [0.15, 0.2) is 12.1 Å². The summed E-state index contributed by atoms with van der Waals surface area (Å²) in [6.07, 6.45) is 0. The van der Waals surface area contributed by atoms with Gasteiger partial charge in [-0.05, 0) is 0 Å². The largest absolute Gasteiger partial charge is 0.370 e. The van der Waals surface area contributed by atoms with Crippen molar-refractivity contribution in [3.05, 3.63) is 35.1 Å². The van der Waals surface area contributed by atoms with Gasteiger partial charge in [-0.2, -0.15) is 0 Å². The summed E-state index contributed by atoms with van der Waals surface area (Å²) in [6, 6.07) is -0.103. The number of hydrogen-bond acceptors (Lipinski definition) is 3. The van der Waals surface area contributed by atoms with Crippen LogP contribution in [0.2, 0.25) is 0 Å². The summed E-state index contributed by atoms with van der Waals surface area (Å²) >= 11 is 0. The molecule has 1 unspecified atom stereocenters. The number of benzene rings is 1. The van der Waals surface area contributed by atoms with Gasteiger partial charge in [0, 0.05) is 17.7 Å². The number of amides is 1. The highest BCUT2D eigenvalue weighted by atomic mass is 19.1. The van der Waals surface area contributed by atoms with Gasteiger partial charge < -0.3 is 16.2 Å². The van der Waals surface area contributed by atoms with Gasteiger partial charge in [-0.1, -0.05) is 0 Å². The Morgan fingerprint density at radius 3 is 2.29 bits per heavy atom. The van der Waals surface area contributed by atoms with E-state index in [2.05, 4.69) is 0 Å². The van der Waals surface area contributed by atoms with Gasteiger partial charge in [0.05, 0.1) is 12.6 Å². The molecule has 1 rings (SSSR count). The highest BCUT2D eigenvalue weighted by Gasteiger charge is 2.18. The van der Waals surface area contributed by atoms with E-state index >= 15 is 0 Å². The lowest BCUT2D eigenvalue weighted by atomic mass is 10.1. The van der Waals surface area contributed by atoms with E-state index in [0.717, 1.165) is 0 Å². The monoisotopic (exact) mass is 248 g/mol. The first-order valence-corrected chi connectivity index (χ1v) is 4.68. The molecule has 0 spiro atoms. The van der Waals surface area contributed by atoms with E-state index in [-0.39, 0.29) is 6.61 Å². The van der Waals surface area contributed by atoms with E-state index in [0.29, 0.717) is 12.1 Å². The molecule has 0 heterocycles. The minimum absolute atomic E-state index is 0.303. The fourth-order valence-electron chi connectivity index (χ4n) is 1.28. The van der Waals surface area contributed by atoms with Crippen LogP contribution < -0.4 is 11.5 Å². The molecule has 94 valence electrons. The molecule has 1 aromatic rings. The Kier molecular flexibility index (Phi) is 4.47. The molecule has 1 aromatic carbocycles. The average molecular weight is 248 g/mol. The van der Waals surface area contributed by atoms with Crippen LogP contribution >= 0.6 is 0 Å². The molecule has 0 aromatic heterocycles. The van der Waals surface area contributed by atoms with Crippen LogP contribution in [0.5, 0.6) is 0 Å². The Morgan fingerprint density at radius 1 is 1.29 bits per heavy atom. The minimum atomic E-state index is -1.14. The van der Waals surface area contributed by atoms with Crippen molar-refractivity contribution in [3.8, 4) is 0 Å². The van der Waals surface area contributed by atoms with E-state index in [4.69, 9.17) is 16.2 Å². The van der Waals surface area contributed by atoms with E-state index in [1.165, 1.54) is 0 Å². The minimum Gasteiger partial charge on any atom is -0.370 e. The van der Waals surface area contributed by atoms with Crippen molar-refractivity contribution >= 4 is 5.91 Å². The molecule has 0 saturated heterocycles. The van der Waals surface area contributed by atoms with E-state index in [1.807, 2.05) is 0 Å². The first kappa shape index (κ1) is 13.5. The number of hydrogen-bond donors (Lipinski definition) is 2. The van der Waals surface area contributed by atoms with Crippen LogP contribution in [0.1, 0.15) is 11.6 Å². The number of carbonyl (C=O) groups excluding carboxylic acids is 1. The van der Waals surface area contributed by atoms with Crippen LogP contribution in [-0.4, -0.2) is 19.1 Å². The third kappa shape index (κ3) is 3.72. The Labute approximate surface area is 95.3 Å². The number of nitrogens with two attached hydrogens (primary N) is 2. The third-order valence-corrected chi connectivity index (χ3v) is 1.96. The molecule has 4 N–H and O–H groups in total. The number of primary amides is 1. The first-order valence-electron chi connectivity index (χ1n) is 4.68. The summed E-state index contributed by atoms with van der Waals surface area (Å²) < 4.78 is 43.8. The molecular formula is C10H11F3N2O2. The number of halogens is 3. The zero-order valence-corrected chi connectivity index (χ0v) is 8.75. The van der Waals surface area contributed by atoms with Crippen LogP contribution in [-0.2, 0) is 9.53 Å². The Balaban J connectivity index is 2.75. The first-order chi connectivity index (χ1) is 7.91. The van der Waals surface area contributed by atoms with Crippen LogP contribution in [0.4, 0.5) is 13.2 Å². The average Bonchev–Trinajstić information content (AvgIpc) is 2.14. The van der Waals surface area contributed by atoms with Crippen molar-refractivity contribution in [1.82, 2.24) is 0 Å². The van der Waals surface area contributed by atoms with E-state index < -0.39 is 41.6 Å². The zero-order chi connectivity index (χ0) is 13.0. The molecule has 4 nitrogen and oxygen atoms in total. The van der Waals surface area contributed by atoms with E-state index in [1.54, 1.807) is 0 Å². The molecule has 0 radical (unpaired) electrons. The SMILES string of the molecule is NC(=O)COCC(N)c1c(F)cc(F)cc1F. The predicted octanol–water partition coefficient (Wildman–Crippen LogP) is 0.606. The van der Waals surface area contributed by atoms with Crippen molar-refractivity contribution in [2.45, 2.75) is 6.04 Å². The van der Waals surface area contributed by atoms with Gasteiger partial charge in [-0.3, -0.25) is 4.79 Å². The molecule has 1 atom stereocenters. The molecule has 0 saturated carbocycles. The molecule has 17 heavy (non-hydrogen) atoms. The molecule has 0 aliphatic rings. The van der Waals surface area contributed by atoms with Gasteiger partial charge in [0.2, 0.25) is 5.91 Å². The van der Waals surface area contributed by atoms with Crippen molar-refractivity contribution in [1.29, 1.82) is 0 Å². The highest BCUT2D eigenvalue weighted by molar-refractivity contribution is 5.74. The van der Waals surface area contributed by atoms with Gasteiger partial charge in [0.1, 0.15) is 24.1 Å². The Bertz CT molecular complexity index is 403. The Morgan fingerprint density at radius 2 is 1.82 bits per heavy atom. The fourth-order valence-corrected chi connectivity index (χ4v) is 1.28. The molecule has 0 aliphatic carbocycles. The summed E-state index contributed by atoms with van der Waals surface area (Å²) in [5.74, 6) is -3.96. The maximum atomic E-state index is 13.2.